The molecule has 1 rings (SSSR count). The van der Waals surface area contributed by atoms with E-state index in [1.165, 1.54) is 0 Å². The average molecular weight is 245 g/mol. The molecule has 1 aromatic rings. The van der Waals surface area contributed by atoms with Gasteiger partial charge in [-0.2, -0.15) is 0 Å². The van der Waals surface area contributed by atoms with Crippen molar-refractivity contribution in [2.45, 2.75) is 0 Å². The molecule has 1 aromatic carbocycles. The van der Waals surface area contributed by atoms with E-state index < -0.39 is 0 Å². The van der Waals surface area contributed by atoms with Crippen LogP contribution >= 0.6 is 22.6 Å². The van der Waals surface area contributed by atoms with Crippen molar-refractivity contribution in [3.8, 4) is 0 Å². The Balaban J connectivity index is 3.15. The third kappa shape index (κ3) is 1.50. The summed E-state index contributed by atoms with van der Waals surface area (Å²) in [6, 6.07) is 7.71. The zero-order valence-electron chi connectivity index (χ0n) is 5.47. The third-order valence-corrected chi connectivity index (χ3v) is 1.83. The summed E-state index contributed by atoms with van der Waals surface area (Å²) in [6.45, 7) is 3.79. The van der Waals surface area contributed by atoms with Crippen LogP contribution in [0.4, 0.5) is 5.69 Å². The first-order valence-electron chi connectivity index (χ1n) is 2.91. The molecule has 0 aliphatic carbocycles. The molecule has 52 valence electrons. The minimum absolute atomic E-state index is 0.793. The Morgan fingerprint density at radius 1 is 1.40 bits per heavy atom. The van der Waals surface area contributed by atoms with Gasteiger partial charge in [-0.3, -0.25) is 0 Å². The number of rotatable bonds is 1. The lowest BCUT2D eigenvalue weighted by Crippen LogP contribution is -1.88. The summed E-state index contributed by atoms with van der Waals surface area (Å²) in [6.07, 6.45) is 0. The molecule has 0 amide bonds. The normalized spacial score (nSPS) is 9.30. The van der Waals surface area contributed by atoms with Crippen LogP contribution in [0.1, 0.15) is 5.56 Å². The molecule has 0 saturated heterocycles. The molecule has 0 radical (unpaired) electrons. The van der Waals surface area contributed by atoms with E-state index in [1.807, 2.05) is 24.3 Å². The SMILES string of the molecule is C=C(I)c1ccccc1N. The number of nitrogens with two attached hydrogens (primary N) is 1. The highest BCUT2D eigenvalue weighted by Gasteiger charge is 1.96. The van der Waals surface area contributed by atoms with Gasteiger partial charge >= 0.3 is 0 Å². The van der Waals surface area contributed by atoms with E-state index in [9.17, 15) is 0 Å². The van der Waals surface area contributed by atoms with Crippen LogP contribution in [0, 0.1) is 0 Å². The van der Waals surface area contributed by atoms with Crippen molar-refractivity contribution in [2.24, 2.45) is 0 Å². The summed E-state index contributed by atoms with van der Waals surface area (Å²) in [4.78, 5) is 0. The Morgan fingerprint density at radius 3 is 2.40 bits per heavy atom. The summed E-state index contributed by atoms with van der Waals surface area (Å²) < 4.78 is 0.982. The number of para-hydroxylation sites is 1. The van der Waals surface area contributed by atoms with Gasteiger partial charge in [0.1, 0.15) is 0 Å². The molecule has 2 heteroatoms. The van der Waals surface area contributed by atoms with Gasteiger partial charge in [0.25, 0.3) is 0 Å². The number of anilines is 1. The van der Waals surface area contributed by atoms with Gasteiger partial charge in [0.15, 0.2) is 0 Å². The molecule has 1 nitrogen and oxygen atoms in total. The fraction of sp³-hybridized carbons (Fsp3) is 0. The number of halogens is 1. The molecule has 0 aromatic heterocycles. The van der Waals surface area contributed by atoms with Crippen molar-refractivity contribution < 1.29 is 0 Å². The molecule has 0 bridgehead atoms. The molecule has 0 aliphatic rings. The molecule has 0 heterocycles. The van der Waals surface area contributed by atoms with E-state index in [0.29, 0.717) is 0 Å². The summed E-state index contributed by atoms with van der Waals surface area (Å²) in [5, 5.41) is 0. The van der Waals surface area contributed by atoms with Gasteiger partial charge in [-0.1, -0.05) is 24.8 Å². The smallest absolute Gasteiger partial charge is 0.0398 e. The lowest BCUT2D eigenvalue weighted by molar-refractivity contribution is 1.64. The molecule has 0 aliphatic heterocycles. The minimum Gasteiger partial charge on any atom is -0.398 e. The monoisotopic (exact) mass is 245 g/mol. The number of hydrogen-bond acceptors (Lipinski definition) is 1. The lowest BCUT2D eigenvalue weighted by Gasteiger charge is -2.00. The lowest BCUT2D eigenvalue weighted by atomic mass is 10.2. The second-order valence-corrected chi connectivity index (χ2v) is 3.29. The molecule has 0 fully saturated rings. The second-order valence-electron chi connectivity index (χ2n) is 1.99. The molecule has 2 N–H and O–H groups in total. The summed E-state index contributed by atoms with van der Waals surface area (Å²) in [5.74, 6) is 0. The van der Waals surface area contributed by atoms with E-state index in [1.54, 1.807) is 0 Å². The van der Waals surface area contributed by atoms with E-state index >= 15 is 0 Å². The van der Waals surface area contributed by atoms with Gasteiger partial charge in [0, 0.05) is 14.8 Å². The molecule has 0 spiro atoms. The Morgan fingerprint density at radius 2 is 2.00 bits per heavy atom. The van der Waals surface area contributed by atoms with Crippen LogP contribution in [0.15, 0.2) is 30.8 Å². The topological polar surface area (TPSA) is 26.0 Å². The van der Waals surface area contributed by atoms with Gasteiger partial charge in [0.2, 0.25) is 0 Å². The first kappa shape index (κ1) is 7.60. The van der Waals surface area contributed by atoms with Crippen molar-refractivity contribution in [3.63, 3.8) is 0 Å². The van der Waals surface area contributed by atoms with Crippen LogP contribution in [-0.4, -0.2) is 0 Å². The van der Waals surface area contributed by atoms with Crippen LogP contribution in [0.3, 0.4) is 0 Å². The van der Waals surface area contributed by atoms with Gasteiger partial charge in [-0.25, -0.2) is 0 Å². The van der Waals surface area contributed by atoms with Crippen LogP contribution in [0.2, 0.25) is 0 Å². The minimum atomic E-state index is 0.793. The second kappa shape index (κ2) is 3.05. The molecule has 0 atom stereocenters. The van der Waals surface area contributed by atoms with Crippen molar-refractivity contribution >= 4 is 31.9 Å². The zero-order chi connectivity index (χ0) is 7.56. The molecule has 0 unspecified atom stereocenters. The summed E-state index contributed by atoms with van der Waals surface area (Å²) in [5.41, 5.74) is 7.48. The van der Waals surface area contributed by atoms with Crippen LogP contribution < -0.4 is 5.73 Å². The highest BCUT2D eigenvalue weighted by molar-refractivity contribution is 14.1. The molecular weight excluding hydrogens is 237 g/mol. The first-order valence-corrected chi connectivity index (χ1v) is 3.99. The average Bonchev–Trinajstić information content (AvgIpc) is 1.88. The molecule has 0 saturated carbocycles. The van der Waals surface area contributed by atoms with E-state index in [0.717, 1.165) is 14.8 Å². The van der Waals surface area contributed by atoms with Gasteiger partial charge < -0.3 is 5.73 Å². The molecule has 10 heavy (non-hydrogen) atoms. The Bertz CT molecular complexity index is 255. The Hall–Kier alpha value is -0.510. The summed E-state index contributed by atoms with van der Waals surface area (Å²) in [7, 11) is 0. The number of hydrogen-bond donors (Lipinski definition) is 1. The van der Waals surface area contributed by atoms with Crippen LogP contribution in [-0.2, 0) is 0 Å². The van der Waals surface area contributed by atoms with Crippen molar-refractivity contribution in [1.29, 1.82) is 0 Å². The van der Waals surface area contributed by atoms with Crippen molar-refractivity contribution in [1.82, 2.24) is 0 Å². The van der Waals surface area contributed by atoms with E-state index in [-0.39, 0.29) is 0 Å². The maximum absolute atomic E-state index is 5.66. The fourth-order valence-electron chi connectivity index (χ4n) is 0.744. The maximum Gasteiger partial charge on any atom is 0.0398 e. The number of benzene rings is 1. The van der Waals surface area contributed by atoms with Gasteiger partial charge in [-0.05, 0) is 28.7 Å². The predicted octanol–water partition coefficient (Wildman–Crippen LogP) is 2.67. The van der Waals surface area contributed by atoms with Crippen molar-refractivity contribution in [2.75, 3.05) is 5.73 Å². The quantitative estimate of drug-likeness (QED) is 0.597. The van der Waals surface area contributed by atoms with Crippen LogP contribution in [0.5, 0.6) is 0 Å². The van der Waals surface area contributed by atoms with E-state index in [4.69, 9.17) is 5.73 Å². The number of nitrogen functional groups attached to an aromatic ring is 1. The highest BCUT2D eigenvalue weighted by Crippen LogP contribution is 2.24. The maximum atomic E-state index is 5.66. The highest BCUT2D eigenvalue weighted by atomic mass is 127. The first-order chi connectivity index (χ1) is 4.72. The summed E-state index contributed by atoms with van der Waals surface area (Å²) >= 11 is 2.16. The van der Waals surface area contributed by atoms with E-state index in [2.05, 4.69) is 29.2 Å². The zero-order valence-corrected chi connectivity index (χ0v) is 7.63. The molecular formula is C8H8IN. The van der Waals surface area contributed by atoms with Crippen LogP contribution in [0.25, 0.3) is 3.58 Å². The Kier molecular flexibility index (Phi) is 2.32. The predicted molar refractivity (Wildman–Crippen MR) is 53.9 cm³/mol. The van der Waals surface area contributed by atoms with Crippen molar-refractivity contribution in [3.05, 3.63) is 36.4 Å². The van der Waals surface area contributed by atoms with Gasteiger partial charge in [0.05, 0.1) is 0 Å². The fourth-order valence-corrected chi connectivity index (χ4v) is 1.24. The third-order valence-electron chi connectivity index (χ3n) is 1.25. The standard InChI is InChI=1S/C8H8IN/c1-6(9)7-4-2-3-5-8(7)10/h2-5H,1,10H2. The Labute approximate surface area is 74.1 Å². The largest absolute Gasteiger partial charge is 0.398 e. The van der Waals surface area contributed by atoms with Gasteiger partial charge in [-0.15, -0.1) is 0 Å².